The van der Waals surface area contributed by atoms with Crippen molar-refractivity contribution in [3.05, 3.63) is 64.7 Å². The van der Waals surface area contributed by atoms with Crippen molar-refractivity contribution in [3.63, 3.8) is 0 Å². The molecular weight excluding hydrogens is 246 g/mol. The molecule has 0 spiro atoms. The van der Waals surface area contributed by atoms with E-state index in [1.54, 1.807) is 0 Å². The van der Waals surface area contributed by atoms with Crippen LogP contribution in [0.4, 0.5) is 5.69 Å². The normalized spacial score (nSPS) is 12.2. The van der Waals surface area contributed by atoms with Crippen LogP contribution in [0.3, 0.4) is 0 Å². The molecule has 2 rings (SSSR count). The number of hydrogen-bond acceptors (Lipinski definition) is 2. The first-order chi connectivity index (χ1) is 9.49. The molecule has 0 aliphatic heterocycles. The molecule has 0 radical (unpaired) electrons. The molecule has 0 saturated carbocycles. The molecule has 106 valence electrons. The summed E-state index contributed by atoms with van der Waals surface area (Å²) in [5, 5.41) is 10.6. The van der Waals surface area contributed by atoms with Crippen molar-refractivity contribution >= 4 is 5.69 Å². The largest absolute Gasteiger partial charge is 0.387 e. The number of aryl methyl sites for hydroxylation is 3. The molecule has 0 aliphatic carbocycles. The molecular formula is C18H23NO. The summed E-state index contributed by atoms with van der Waals surface area (Å²) in [4.78, 5) is 2.09. The lowest BCUT2D eigenvalue weighted by Crippen LogP contribution is -2.25. The molecule has 2 aromatic rings. The van der Waals surface area contributed by atoms with E-state index >= 15 is 0 Å². The summed E-state index contributed by atoms with van der Waals surface area (Å²) in [5.41, 5.74) is 5.74. The maximum atomic E-state index is 10.6. The monoisotopic (exact) mass is 269 g/mol. The number of rotatable bonds is 4. The Morgan fingerprint density at radius 2 is 1.55 bits per heavy atom. The zero-order valence-corrected chi connectivity index (χ0v) is 12.7. The van der Waals surface area contributed by atoms with E-state index in [1.165, 1.54) is 5.56 Å². The van der Waals surface area contributed by atoms with Gasteiger partial charge in [-0.1, -0.05) is 35.9 Å². The molecule has 0 aliphatic rings. The first-order valence-electron chi connectivity index (χ1n) is 7.01. The number of benzene rings is 2. The summed E-state index contributed by atoms with van der Waals surface area (Å²) >= 11 is 0. The molecule has 0 aromatic heterocycles. The van der Waals surface area contributed by atoms with Gasteiger partial charge in [-0.25, -0.2) is 0 Å². The smallest absolute Gasteiger partial charge is 0.0969 e. The highest BCUT2D eigenvalue weighted by molar-refractivity contribution is 5.46. The number of anilines is 1. The van der Waals surface area contributed by atoms with Gasteiger partial charge in [0.2, 0.25) is 0 Å². The lowest BCUT2D eigenvalue weighted by molar-refractivity contribution is 0.183. The minimum atomic E-state index is -0.471. The fraction of sp³-hybridized carbons (Fsp3) is 0.333. The van der Waals surface area contributed by atoms with E-state index in [4.69, 9.17) is 0 Å². The Kier molecular flexibility index (Phi) is 4.46. The van der Waals surface area contributed by atoms with Gasteiger partial charge in [-0.2, -0.15) is 0 Å². The summed E-state index contributed by atoms with van der Waals surface area (Å²) in [6.45, 7) is 6.82. The summed E-state index contributed by atoms with van der Waals surface area (Å²) in [6, 6.07) is 14.4. The van der Waals surface area contributed by atoms with Crippen molar-refractivity contribution in [3.8, 4) is 0 Å². The van der Waals surface area contributed by atoms with Crippen LogP contribution < -0.4 is 4.90 Å². The highest BCUT2D eigenvalue weighted by atomic mass is 16.3. The van der Waals surface area contributed by atoms with Gasteiger partial charge in [-0.3, -0.25) is 0 Å². The molecule has 1 N–H and O–H groups in total. The first kappa shape index (κ1) is 14.6. The Labute approximate surface area is 121 Å². The molecule has 0 bridgehead atoms. The van der Waals surface area contributed by atoms with Crippen LogP contribution in [-0.4, -0.2) is 18.7 Å². The second-order valence-corrected chi connectivity index (χ2v) is 5.54. The van der Waals surface area contributed by atoms with Crippen LogP contribution in [0.5, 0.6) is 0 Å². The van der Waals surface area contributed by atoms with Crippen LogP contribution >= 0.6 is 0 Å². The standard InChI is InChI=1S/C18H23NO/c1-13-10-14(2)18(15(3)11-13)17(20)12-19(4)16-8-6-5-7-9-16/h5-11,17,20H,12H2,1-4H3. The SMILES string of the molecule is Cc1cc(C)c(C(O)CN(C)c2ccccc2)c(C)c1. The van der Waals surface area contributed by atoms with E-state index in [0.29, 0.717) is 6.54 Å². The maximum Gasteiger partial charge on any atom is 0.0969 e. The van der Waals surface area contributed by atoms with Gasteiger partial charge in [0.25, 0.3) is 0 Å². The van der Waals surface area contributed by atoms with E-state index in [-0.39, 0.29) is 0 Å². The average molecular weight is 269 g/mol. The Morgan fingerprint density at radius 3 is 2.10 bits per heavy atom. The van der Waals surface area contributed by atoms with Gasteiger partial charge in [0.15, 0.2) is 0 Å². The predicted molar refractivity (Wildman–Crippen MR) is 85.3 cm³/mol. The second kappa shape index (κ2) is 6.10. The van der Waals surface area contributed by atoms with Gasteiger partial charge in [-0.15, -0.1) is 0 Å². The topological polar surface area (TPSA) is 23.5 Å². The van der Waals surface area contributed by atoms with Crippen LogP contribution in [-0.2, 0) is 0 Å². The van der Waals surface area contributed by atoms with E-state index in [1.807, 2.05) is 25.2 Å². The van der Waals surface area contributed by atoms with Gasteiger partial charge < -0.3 is 10.0 Å². The number of para-hydroxylation sites is 1. The average Bonchev–Trinajstić information content (AvgIpc) is 2.38. The van der Waals surface area contributed by atoms with Crippen molar-refractivity contribution in [2.24, 2.45) is 0 Å². The maximum absolute atomic E-state index is 10.6. The van der Waals surface area contributed by atoms with E-state index in [2.05, 4.69) is 49.9 Å². The number of aliphatic hydroxyl groups excluding tert-OH is 1. The van der Waals surface area contributed by atoms with E-state index < -0.39 is 6.10 Å². The van der Waals surface area contributed by atoms with Crippen molar-refractivity contribution in [1.29, 1.82) is 0 Å². The van der Waals surface area contributed by atoms with Crippen LogP contribution in [0.1, 0.15) is 28.4 Å². The highest BCUT2D eigenvalue weighted by Gasteiger charge is 2.16. The molecule has 0 saturated heterocycles. The van der Waals surface area contributed by atoms with Gasteiger partial charge in [0.1, 0.15) is 0 Å². The van der Waals surface area contributed by atoms with Gasteiger partial charge in [0, 0.05) is 19.3 Å². The fourth-order valence-corrected chi connectivity index (χ4v) is 2.86. The number of likely N-dealkylation sites (N-methyl/N-ethyl adjacent to an activating group) is 1. The summed E-state index contributed by atoms with van der Waals surface area (Å²) < 4.78 is 0. The van der Waals surface area contributed by atoms with Crippen molar-refractivity contribution in [2.45, 2.75) is 26.9 Å². The third-order valence-corrected chi connectivity index (χ3v) is 3.72. The molecule has 0 heterocycles. The third kappa shape index (κ3) is 3.20. The van der Waals surface area contributed by atoms with Gasteiger partial charge in [-0.05, 0) is 49.6 Å². The predicted octanol–water partition coefficient (Wildman–Crippen LogP) is 3.78. The Bertz CT molecular complexity index is 554. The molecule has 20 heavy (non-hydrogen) atoms. The lowest BCUT2D eigenvalue weighted by Gasteiger charge is -2.25. The van der Waals surface area contributed by atoms with Crippen LogP contribution in [0.25, 0.3) is 0 Å². The Morgan fingerprint density at radius 1 is 1.00 bits per heavy atom. The lowest BCUT2D eigenvalue weighted by atomic mass is 9.95. The molecule has 1 atom stereocenters. The van der Waals surface area contributed by atoms with E-state index in [0.717, 1.165) is 22.4 Å². The Hall–Kier alpha value is -1.80. The number of hydrogen-bond donors (Lipinski definition) is 1. The highest BCUT2D eigenvalue weighted by Crippen LogP contribution is 2.25. The number of nitrogens with zero attached hydrogens (tertiary/aromatic N) is 1. The molecule has 2 nitrogen and oxygen atoms in total. The molecule has 2 aromatic carbocycles. The second-order valence-electron chi connectivity index (χ2n) is 5.54. The zero-order valence-electron chi connectivity index (χ0n) is 12.7. The summed E-state index contributed by atoms with van der Waals surface area (Å²) in [7, 11) is 2.01. The van der Waals surface area contributed by atoms with Crippen LogP contribution in [0, 0.1) is 20.8 Å². The van der Waals surface area contributed by atoms with Gasteiger partial charge in [0.05, 0.1) is 6.10 Å². The van der Waals surface area contributed by atoms with Gasteiger partial charge >= 0.3 is 0 Å². The quantitative estimate of drug-likeness (QED) is 0.913. The van der Waals surface area contributed by atoms with Crippen LogP contribution in [0.15, 0.2) is 42.5 Å². The summed E-state index contributed by atoms with van der Waals surface area (Å²) in [6.07, 6.45) is -0.471. The molecule has 0 amide bonds. The minimum absolute atomic E-state index is 0.471. The molecule has 1 unspecified atom stereocenters. The first-order valence-corrected chi connectivity index (χ1v) is 7.01. The fourth-order valence-electron chi connectivity index (χ4n) is 2.86. The van der Waals surface area contributed by atoms with Crippen LogP contribution in [0.2, 0.25) is 0 Å². The Balaban J connectivity index is 2.19. The van der Waals surface area contributed by atoms with Crippen molar-refractivity contribution in [1.82, 2.24) is 0 Å². The van der Waals surface area contributed by atoms with Crippen molar-refractivity contribution in [2.75, 3.05) is 18.5 Å². The van der Waals surface area contributed by atoms with Crippen molar-refractivity contribution < 1.29 is 5.11 Å². The molecule has 0 fully saturated rings. The zero-order chi connectivity index (χ0) is 14.7. The third-order valence-electron chi connectivity index (χ3n) is 3.72. The van der Waals surface area contributed by atoms with E-state index in [9.17, 15) is 5.11 Å². The summed E-state index contributed by atoms with van der Waals surface area (Å²) in [5.74, 6) is 0. The minimum Gasteiger partial charge on any atom is -0.387 e. The number of aliphatic hydroxyl groups is 1. The molecule has 2 heteroatoms.